The van der Waals surface area contributed by atoms with Gasteiger partial charge in [0.15, 0.2) is 5.69 Å². The van der Waals surface area contributed by atoms with Crippen LogP contribution in [0.4, 0.5) is 5.82 Å². The summed E-state index contributed by atoms with van der Waals surface area (Å²) >= 11 is 0. The summed E-state index contributed by atoms with van der Waals surface area (Å²) < 4.78 is 4.57. The Morgan fingerprint density at radius 1 is 1.42 bits per heavy atom. The number of rotatable bonds is 5. The highest BCUT2D eigenvalue weighted by atomic mass is 16.5. The fourth-order valence-corrected chi connectivity index (χ4v) is 1.41. The second-order valence-electron chi connectivity index (χ2n) is 4.33. The van der Waals surface area contributed by atoms with Gasteiger partial charge in [0, 0.05) is 13.1 Å². The topological polar surface area (TPSA) is 84.4 Å². The highest BCUT2D eigenvalue weighted by Gasteiger charge is 2.13. The molecule has 7 heteroatoms. The molecule has 1 aromatic heterocycles. The molecule has 0 saturated heterocycles. The number of hydrogen-bond acceptors (Lipinski definition) is 6. The van der Waals surface area contributed by atoms with Crippen LogP contribution in [0.15, 0.2) is 12.4 Å². The summed E-state index contributed by atoms with van der Waals surface area (Å²) in [6, 6.07) is 0.0772. The normalized spacial score (nSPS) is 10.2. The van der Waals surface area contributed by atoms with Crippen molar-refractivity contribution in [2.45, 2.75) is 19.9 Å². The summed E-state index contributed by atoms with van der Waals surface area (Å²) in [7, 11) is 2.97. The maximum absolute atomic E-state index is 11.6. The van der Waals surface area contributed by atoms with Crippen molar-refractivity contribution >= 4 is 17.7 Å². The van der Waals surface area contributed by atoms with Crippen molar-refractivity contribution in [1.29, 1.82) is 0 Å². The van der Waals surface area contributed by atoms with Crippen LogP contribution in [0.3, 0.4) is 0 Å². The van der Waals surface area contributed by atoms with E-state index in [1.54, 1.807) is 11.9 Å². The zero-order chi connectivity index (χ0) is 14.4. The molecule has 0 aliphatic rings. The molecule has 0 spiro atoms. The Kier molecular flexibility index (Phi) is 5.23. The SMILES string of the molecule is COC(=O)c1cncc(N(C)CC(=O)NC(C)C)n1. The monoisotopic (exact) mass is 266 g/mol. The van der Waals surface area contributed by atoms with E-state index in [4.69, 9.17) is 0 Å². The molecule has 1 aromatic rings. The molecule has 1 N–H and O–H groups in total. The number of hydrogen-bond donors (Lipinski definition) is 1. The lowest BCUT2D eigenvalue weighted by Gasteiger charge is -2.18. The number of methoxy groups -OCH3 is 1. The largest absolute Gasteiger partial charge is 0.464 e. The van der Waals surface area contributed by atoms with Crippen molar-refractivity contribution in [2.75, 3.05) is 25.6 Å². The molecular weight excluding hydrogens is 248 g/mol. The molecule has 0 radical (unpaired) electrons. The van der Waals surface area contributed by atoms with Crippen molar-refractivity contribution in [3.8, 4) is 0 Å². The summed E-state index contributed by atoms with van der Waals surface area (Å²) in [5.41, 5.74) is 0.108. The average molecular weight is 266 g/mol. The van der Waals surface area contributed by atoms with E-state index in [1.165, 1.54) is 19.5 Å². The first-order valence-corrected chi connectivity index (χ1v) is 5.85. The summed E-state index contributed by atoms with van der Waals surface area (Å²) in [4.78, 5) is 32.6. The predicted molar refractivity (Wildman–Crippen MR) is 69.9 cm³/mol. The zero-order valence-electron chi connectivity index (χ0n) is 11.5. The smallest absolute Gasteiger partial charge is 0.358 e. The Morgan fingerprint density at radius 3 is 2.68 bits per heavy atom. The van der Waals surface area contributed by atoms with Gasteiger partial charge in [-0.1, -0.05) is 0 Å². The van der Waals surface area contributed by atoms with Gasteiger partial charge in [0.1, 0.15) is 5.82 Å². The number of carbonyl (C=O) groups is 2. The maximum atomic E-state index is 11.6. The second kappa shape index (κ2) is 6.67. The fraction of sp³-hybridized carbons (Fsp3) is 0.500. The molecule has 1 rings (SSSR count). The molecule has 0 aromatic carbocycles. The minimum atomic E-state index is -0.561. The number of anilines is 1. The summed E-state index contributed by atoms with van der Waals surface area (Å²) in [5, 5.41) is 2.77. The van der Waals surface area contributed by atoms with Crippen LogP contribution in [0.2, 0.25) is 0 Å². The van der Waals surface area contributed by atoms with E-state index in [2.05, 4.69) is 20.0 Å². The number of nitrogens with one attached hydrogen (secondary N) is 1. The molecule has 1 heterocycles. The molecule has 0 unspecified atom stereocenters. The first-order chi connectivity index (χ1) is 8.93. The minimum Gasteiger partial charge on any atom is -0.464 e. The number of nitrogens with zero attached hydrogens (tertiary/aromatic N) is 3. The zero-order valence-corrected chi connectivity index (χ0v) is 11.5. The van der Waals surface area contributed by atoms with Crippen LogP contribution in [0.1, 0.15) is 24.3 Å². The molecule has 7 nitrogen and oxygen atoms in total. The molecular formula is C12H18N4O3. The highest BCUT2D eigenvalue weighted by Crippen LogP contribution is 2.07. The molecule has 0 atom stereocenters. The van der Waals surface area contributed by atoms with E-state index in [-0.39, 0.29) is 24.2 Å². The quantitative estimate of drug-likeness (QED) is 0.768. The van der Waals surface area contributed by atoms with E-state index >= 15 is 0 Å². The van der Waals surface area contributed by atoms with Gasteiger partial charge < -0.3 is 15.0 Å². The first kappa shape index (κ1) is 14.9. The molecule has 0 saturated carbocycles. The molecule has 104 valence electrons. The molecule has 0 aliphatic carbocycles. The number of esters is 1. The van der Waals surface area contributed by atoms with Crippen LogP contribution in [0.5, 0.6) is 0 Å². The molecule has 0 bridgehead atoms. The number of ether oxygens (including phenoxy) is 1. The minimum absolute atomic E-state index is 0.0772. The Balaban J connectivity index is 2.74. The van der Waals surface area contributed by atoms with E-state index in [0.717, 1.165) is 0 Å². The lowest BCUT2D eigenvalue weighted by atomic mass is 10.4. The van der Waals surface area contributed by atoms with Crippen LogP contribution in [0.25, 0.3) is 0 Å². The second-order valence-corrected chi connectivity index (χ2v) is 4.33. The van der Waals surface area contributed by atoms with Gasteiger partial charge >= 0.3 is 5.97 Å². The van der Waals surface area contributed by atoms with E-state index in [1.807, 2.05) is 13.8 Å². The predicted octanol–water partition coefficient (Wildman–Crippen LogP) is 0.224. The fourth-order valence-electron chi connectivity index (χ4n) is 1.41. The molecule has 19 heavy (non-hydrogen) atoms. The van der Waals surface area contributed by atoms with Gasteiger partial charge in [0.05, 0.1) is 26.0 Å². The number of carbonyl (C=O) groups excluding carboxylic acids is 2. The Hall–Kier alpha value is -2.18. The van der Waals surface area contributed by atoms with E-state index in [9.17, 15) is 9.59 Å². The Bertz CT molecular complexity index is 462. The number of likely N-dealkylation sites (N-methyl/N-ethyl adjacent to an activating group) is 1. The van der Waals surface area contributed by atoms with Crippen molar-refractivity contribution in [3.05, 3.63) is 18.1 Å². The van der Waals surface area contributed by atoms with Gasteiger partial charge in [-0.15, -0.1) is 0 Å². The highest BCUT2D eigenvalue weighted by molar-refractivity contribution is 5.87. The van der Waals surface area contributed by atoms with Crippen LogP contribution in [0, 0.1) is 0 Å². The third-order valence-corrected chi connectivity index (χ3v) is 2.24. The molecule has 0 aliphatic heterocycles. The summed E-state index contributed by atoms with van der Waals surface area (Å²) in [6.07, 6.45) is 2.80. The van der Waals surface area contributed by atoms with Gasteiger partial charge in [-0.25, -0.2) is 9.78 Å². The van der Waals surface area contributed by atoms with Crippen LogP contribution in [-0.2, 0) is 9.53 Å². The van der Waals surface area contributed by atoms with Gasteiger partial charge in [-0.2, -0.15) is 0 Å². The Labute approximate surface area is 112 Å². The third-order valence-electron chi connectivity index (χ3n) is 2.24. The molecule has 1 amide bonds. The number of aromatic nitrogens is 2. The summed E-state index contributed by atoms with van der Waals surface area (Å²) in [6.45, 7) is 3.91. The number of amides is 1. The van der Waals surface area contributed by atoms with Gasteiger partial charge in [0.25, 0.3) is 0 Å². The lowest BCUT2D eigenvalue weighted by molar-refractivity contribution is -0.120. The average Bonchev–Trinajstić information content (AvgIpc) is 2.36. The third kappa shape index (κ3) is 4.53. The maximum Gasteiger partial charge on any atom is 0.358 e. The van der Waals surface area contributed by atoms with Crippen LogP contribution >= 0.6 is 0 Å². The Morgan fingerprint density at radius 2 is 2.11 bits per heavy atom. The van der Waals surface area contributed by atoms with Crippen molar-refractivity contribution in [3.63, 3.8) is 0 Å². The van der Waals surface area contributed by atoms with Gasteiger partial charge in [-0.05, 0) is 13.8 Å². The molecule has 0 fully saturated rings. The van der Waals surface area contributed by atoms with Gasteiger partial charge in [0.2, 0.25) is 5.91 Å². The standard InChI is InChI=1S/C12H18N4O3/c1-8(2)14-11(17)7-16(3)10-6-13-5-9(15-10)12(18)19-4/h5-6,8H,7H2,1-4H3,(H,14,17). The lowest BCUT2D eigenvalue weighted by Crippen LogP contribution is -2.39. The summed E-state index contributed by atoms with van der Waals surface area (Å²) in [5.74, 6) is -0.251. The van der Waals surface area contributed by atoms with Crippen molar-refractivity contribution in [2.24, 2.45) is 0 Å². The van der Waals surface area contributed by atoms with Crippen molar-refractivity contribution < 1.29 is 14.3 Å². The van der Waals surface area contributed by atoms with E-state index in [0.29, 0.717) is 5.82 Å². The van der Waals surface area contributed by atoms with E-state index < -0.39 is 5.97 Å². The van der Waals surface area contributed by atoms with Gasteiger partial charge in [-0.3, -0.25) is 9.78 Å². The van der Waals surface area contributed by atoms with Crippen molar-refractivity contribution in [1.82, 2.24) is 15.3 Å². The first-order valence-electron chi connectivity index (χ1n) is 5.85. The van der Waals surface area contributed by atoms with Crippen LogP contribution < -0.4 is 10.2 Å². The van der Waals surface area contributed by atoms with Crippen LogP contribution in [-0.4, -0.2) is 48.6 Å².